The van der Waals surface area contributed by atoms with Gasteiger partial charge in [0.25, 0.3) is 5.91 Å². The second-order valence-electron chi connectivity index (χ2n) is 5.93. The molecule has 8 heteroatoms. The molecule has 4 rings (SSSR count). The van der Waals surface area contributed by atoms with Crippen LogP contribution in [0.2, 0.25) is 0 Å². The van der Waals surface area contributed by atoms with Gasteiger partial charge in [-0.2, -0.15) is 0 Å². The number of benzene rings is 2. The summed E-state index contributed by atoms with van der Waals surface area (Å²) in [4.78, 5) is 30.9. The van der Waals surface area contributed by atoms with Crippen molar-refractivity contribution in [1.29, 1.82) is 0 Å². The molecule has 8 nitrogen and oxygen atoms in total. The Hall–Kier alpha value is -4.07. The zero-order valence-corrected chi connectivity index (χ0v) is 14.5. The molecule has 2 aromatic carbocycles. The van der Waals surface area contributed by atoms with E-state index < -0.39 is 5.91 Å². The standard InChI is InChI=1S/C20H15N3O5/c24-14-8-13(27-11-18(26)23-20-21-6-7-22-20)9-17-19(14)15(25)10-16(28-17)12-4-2-1-3-5-12/h1-10,24H,11H2,(H2,21,22,23,26). The number of aromatic nitrogens is 2. The average Bonchev–Trinajstić information content (AvgIpc) is 3.19. The van der Waals surface area contributed by atoms with Gasteiger partial charge in [0.1, 0.15) is 28.2 Å². The number of aromatic hydroxyl groups is 1. The van der Waals surface area contributed by atoms with Crippen LogP contribution in [0.4, 0.5) is 5.95 Å². The molecule has 2 heterocycles. The monoisotopic (exact) mass is 377 g/mol. The first kappa shape index (κ1) is 17.3. The van der Waals surface area contributed by atoms with Crippen molar-refractivity contribution in [3.8, 4) is 22.8 Å². The molecule has 0 saturated heterocycles. The van der Waals surface area contributed by atoms with Crippen molar-refractivity contribution in [1.82, 2.24) is 9.97 Å². The summed E-state index contributed by atoms with van der Waals surface area (Å²) in [5, 5.41) is 12.8. The molecule has 0 saturated carbocycles. The molecule has 140 valence electrons. The van der Waals surface area contributed by atoms with Gasteiger partial charge in [0, 0.05) is 36.2 Å². The molecule has 0 spiro atoms. The summed E-state index contributed by atoms with van der Waals surface area (Å²) in [6.07, 6.45) is 3.08. The fourth-order valence-electron chi connectivity index (χ4n) is 2.72. The number of ether oxygens (including phenoxy) is 1. The van der Waals surface area contributed by atoms with Gasteiger partial charge in [-0.25, -0.2) is 4.98 Å². The molecular weight excluding hydrogens is 362 g/mol. The summed E-state index contributed by atoms with van der Waals surface area (Å²) in [6, 6.07) is 13.2. The molecule has 1 amide bonds. The molecule has 3 N–H and O–H groups in total. The number of hydrogen-bond donors (Lipinski definition) is 3. The Bertz CT molecular complexity index is 1180. The van der Waals surface area contributed by atoms with Crippen molar-refractivity contribution in [2.45, 2.75) is 0 Å². The number of phenolic OH excluding ortho intramolecular Hbond substituents is 1. The van der Waals surface area contributed by atoms with E-state index in [0.717, 1.165) is 5.56 Å². The molecule has 0 bridgehead atoms. The summed E-state index contributed by atoms with van der Waals surface area (Å²) in [6.45, 7) is -0.311. The maximum atomic E-state index is 12.4. The lowest BCUT2D eigenvalue weighted by molar-refractivity contribution is -0.118. The number of carbonyl (C=O) groups excluding carboxylic acids is 1. The fraction of sp³-hybridized carbons (Fsp3) is 0.0500. The largest absolute Gasteiger partial charge is 0.507 e. The van der Waals surface area contributed by atoms with Gasteiger partial charge in [-0.05, 0) is 0 Å². The van der Waals surface area contributed by atoms with Crippen LogP contribution in [0.5, 0.6) is 11.5 Å². The highest BCUT2D eigenvalue weighted by Crippen LogP contribution is 2.31. The number of aromatic amines is 1. The van der Waals surface area contributed by atoms with E-state index in [2.05, 4.69) is 15.3 Å². The lowest BCUT2D eigenvalue weighted by atomic mass is 10.1. The van der Waals surface area contributed by atoms with Gasteiger partial charge >= 0.3 is 0 Å². The minimum absolute atomic E-state index is 0.0482. The Kier molecular flexibility index (Phi) is 4.51. The van der Waals surface area contributed by atoms with Crippen LogP contribution in [-0.2, 0) is 4.79 Å². The minimum atomic E-state index is -0.436. The number of H-pyrrole nitrogens is 1. The van der Waals surface area contributed by atoms with E-state index in [0.29, 0.717) is 11.7 Å². The van der Waals surface area contributed by atoms with Crippen LogP contribution in [0.1, 0.15) is 0 Å². The quantitative estimate of drug-likeness (QED) is 0.492. The molecule has 4 aromatic rings. The van der Waals surface area contributed by atoms with Gasteiger partial charge in [-0.3, -0.25) is 14.9 Å². The van der Waals surface area contributed by atoms with Crippen LogP contribution in [0.25, 0.3) is 22.3 Å². The molecule has 2 aromatic heterocycles. The van der Waals surface area contributed by atoms with Gasteiger partial charge in [0.2, 0.25) is 5.95 Å². The van der Waals surface area contributed by atoms with Crippen LogP contribution >= 0.6 is 0 Å². The molecule has 0 aliphatic rings. The van der Waals surface area contributed by atoms with Crippen molar-refractivity contribution < 1.29 is 19.1 Å². The van der Waals surface area contributed by atoms with Crippen LogP contribution in [-0.4, -0.2) is 27.6 Å². The van der Waals surface area contributed by atoms with Gasteiger partial charge in [0.05, 0.1) is 0 Å². The Morgan fingerprint density at radius 3 is 2.79 bits per heavy atom. The first-order valence-corrected chi connectivity index (χ1v) is 8.38. The minimum Gasteiger partial charge on any atom is -0.507 e. The van der Waals surface area contributed by atoms with Crippen LogP contribution < -0.4 is 15.5 Å². The van der Waals surface area contributed by atoms with Crippen molar-refractivity contribution in [3.05, 3.63) is 71.1 Å². The number of amides is 1. The normalized spacial score (nSPS) is 10.7. The second-order valence-corrected chi connectivity index (χ2v) is 5.93. The summed E-state index contributed by atoms with van der Waals surface area (Å²) in [5.41, 5.74) is 0.512. The molecule has 0 unspecified atom stereocenters. The Morgan fingerprint density at radius 2 is 2.04 bits per heavy atom. The van der Waals surface area contributed by atoms with E-state index in [1.807, 2.05) is 30.3 Å². The molecule has 0 aliphatic carbocycles. The molecule has 0 aliphatic heterocycles. The van der Waals surface area contributed by atoms with E-state index in [4.69, 9.17) is 9.15 Å². The average molecular weight is 377 g/mol. The van der Waals surface area contributed by atoms with Crippen molar-refractivity contribution in [3.63, 3.8) is 0 Å². The highest BCUT2D eigenvalue weighted by Gasteiger charge is 2.14. The Labute approximate surface area is 158 Å². The summed E-state index contributed by atoms with van der Waals surface area (Å²) < 4.78 is 11.2. The number of anilines is 1. The maximum absolute atomic E-state index is 12.4. The van der Waals surface area contributed by atoms with Crippen molar-refractivity contribution >= 4 is 22.8 Å². The summed E-state index contributed by atoms with van der Waals surface area (Å²) in [5.74, 6) is 0.132. The first-order chi connectivity index (χ1) is 13.6. The van der Waals surface area contributed by atoms with E-state index in [-0.39, 0.29) is 34.5 Å². The summed E-state index contributed by atoms with van der Waals surface area (Å²) in [7, 11) is 0. The fourth-order valence-corrected chi connectivity index (χ4v) is 2.72. The molecule has 0 radical (unpaired) electrons. The number of nitrogens with zero attached hydrogens (tertiary/aromatic N) is 1. The zero-order chi connectivity index (χ0) is 19.5. The van der Waals surface area contributed by atoms with Gasteiger partial charge in [-0.15, -0.1) is 0 Å². The molecular formula is C20H15N3O5. The second kappa shape index (κ2) is 7.28. The predicted octanol–water partition coefficient (Wildman–Crippen LogP) is 2.91. The van der Waals surface area contributed by atoms with Crippen LogP contribution in [0, 0.1) is 0 Å². The van der Waals surface area contributed by atoms with Crippen molar-refractivity contribution in [2.75, 3.05) is 11.9 Å². The van der Waals surface area contributed by atoms with E-state index in [1.54, 1.807) is 6.20 Å². The first-order valence-electron chi connectivity index (χ1n) is 8.38. The van der Waals surface area contributed by atoms with Crippen molar-refractivity contribution in [2.24, 2.45) is 0 Å². The van der Waals surface area contributed by atoms with Crippen LogP contribution in [0.15, 0.2) is 70.1 Å². The maximum Gasteiger partial charge on any atom is 0.264 e. The summed E-state index contributed by atoms with van der Waals surface area (Å²) >= 11 is 0. The lowest BCUT2D eigenvalue weighted by Crippen LogP contribution is -2.20. The number of imidazole rings is 1. The van der Waals surface area contributed by atoms with E-state index in [1.165, 1.54) is 24.4 Å². The van der Waals surface area contributed by atoms with Gasteiger partial charge in [0.15, 0.2) is 12.0 Å². The van der Waals surface area contributed by atoms with Gasteiger partial charge < -0.3 is 19.2 Å². The molecule has 0 atom stereocenters. The number of carbonyl (C=O) groups is 1. The topological polar surface area (TPSA) is 117 Å². The predicted molar refractivity (Wildman–Crippen MR) is 102 cm³/mol. The third kappa shape index (κ3) is 3.56. The van der Waals surface area contributed by atoms with Crippen LogP contribution in [0.3, 0.4) is 0 Å². The van der Waals surface area contributed by atoms with E-state index >= 15 is 0 Å². The third-order valence-electron chi connectivity index (χ3n) is 3.97. The van der Waals surface area contributed by atoms with Gasteiger partial charge in [-0.1, -0.05) is 30.3 Å². The number of hydrogen-bond acceptors (Lipinski definition) is 6. The Balaban J connectivity index is 1.61. The number of rotatable bonds is 5. The number of fused-ring (bicyclic) bond motifs is 1. The molecule has 28 heavy (non-hydrogen) atoms. The third-order valence-corrected chi connectivity index (χ3v) is 3.97. The highest BCUT2D eigenvalue weighted by atomic mass is 16.5. The number of phenols is 1. The SMILES string of the molecule is O=C(COc1cc(O)c2c(=O)cc(-c3ccccc3)oc2c1)Nc1ncc[nH]1. The lowest BCUT2D eigenvalue weighted by Gasteiger charge is -2.09. The Morgan fingerprint density at radius 1 is 1.21 bits per heavy atom. The highest BCUT2D eigenvalue weighted by molar-refractivity contribution is 5.90. The number of nitrogens with one attached hydrogen (secondary N) is 2. The zero-order valence-electron chi connectivity index (χ0n) is 14.5. The molecule has 0 fully saturated rings. The van der Waals surface area contributed by atoms with E-state index in [9.17, 15) is 14.7 Å². The smallest absolute Gasteiger partial charge is 0.264 e.